The van der Waals surface area contributed by atoms with E-state index < -0.39 is 5.97 Å². The molecule has 0 fully saturated rings. The molecule has 0 amide bonds. The standard InChI is InChI=1S/C22H34O5/c1-2-3-12-18(23)13-5-4-6-14-19(24)15-8-7-10-17-11-9-16-20(25)21(17)22(26)27/h4-5,9,11,16,18-19,23-25H,2-3,6-8,10,12-15H2,1H3,(H,26,27)/b5-4+. The maximum atomic E-state index is 11.2. The molecule has 0 heterocycles. The zero-order valence-electron chi connectivity index (χ0n) is 16.3. The van der Waals surface area contributed by atoms with E-state index in [1.54, 1.807) is 12.1 Å². The smallest absolute Gasteiger partial charge is 0.339 e. The number of hydrogen-bond acceptors (Lipinski definition) is 4. The molecule has 0 aliphatic heterocycles. The van der Waals surface area contributed by atoms with Crippen LogP contribution in [-0.4, -0.2) is 38.6 Å². The molecule has 0 aliphatic carbocycles. The van der Waals surface area contributed by atoms with Gasteiger partial charge >= 0.3 is 5.97 Å². The summed E-state index contributed by atoms with van der Waals surface area (Å²) in [5.41, 5.74) is 0.603. The molecule has 0 saturated heterocycles. The van der Waals surface area contributed by atoms with Crippen molar-refractivity contribution in [2.24, 2.45) is 0 Å². The maximum Gasteiger partial charge on any atom is 0.339 e. The van der Waals surface area contributed by atoms with Gasteiger partial charge in [-0.15, -0.1) is 0 Å². The van der Waals surface area contributed by atoms with E-state index in [4.69, 9.17) is 0 Å². The molecule has 2 unspecified atom stereocenters. The molecule has 1 aromatic rings. The van der Waals surface area contributed by atoms with Gasteiger partial charge in [0.2, 0.25) is 0 Å². The summed E-state index contributed by atoms with van der Waals surface area (Å²) in [6, 6.07) is 4.75. The number of carboxylic acid groups (broad SMARTS) is 1. The Balaban J connectivity index is 2.20. The van der Waals surface area contributed by atoms with Crippen molar-refractivity contribution >= 4 is 5.97 Å². The Morgan fingerprint density at radius 3 is 2.48 bits per heavy atom. The third-order valence-corrected chi connectivity index (χ3v) is 4.71. The van der Waals surface area contributed by atoms with Crippen LogP contribution in [0.1, 0.15) is 80.6 Å². The number of unbranched alkanes of at least 4 members (excludes halogenated alkanes) is 2. The highest BCUT2D eigenvalue weighted by atomic mass is 16.4. The lowest BCUT2D eigenvalue weighted by Crippen LogP contribution is -2.07. The number of benzene rings is 1. The topological polar surface area (TPSA) is 98.0 Å². The van der Waals surface area contributed by atoms with Crippen LogP contribution in [0.4, 0.5) is 0 Å². The summed E-state index contributed by atoms with van der Waals surface area (Å²) in [6.07, 6.45) is 11.3. The van der Waals surface area contributed by atoms with Crippen LogP contribution in [-0.2, 0) is 6.42 Å². The van der Waals surface area contributed by atoms with Crippen LogP contribution in [0.5, 0.6) is 5.75 Å². The average molecular weight is 379 g/mol. The summed E-state index contributed by atoms with van der Waals surface area (Å²) in [6.45, 7) is 2.11. The van der Waals surface area contributed by atoms with Crippen molar-refractivity contribution in [1.82, 2.24) is 0 Å². The number of phenols is 1. The first-order valence-corrected chi connectivity index (χ1v) is 10.0. The number of carboxylic acids is 1. The molecule has 0 aromatic heterocycles. The molecule has 1 rings (SSSR count). The van der Waals surface area contributed by atoms with Crippen LogP contribution in [0, 0.1) is 0 Å². The molecule has 27 heavy (non-hydrogen) atoms. The Morgan fingerprint density at radius 1 is 1.04 bits per heavy atom. The second kappa shape index (κ2) is 13.3. The summed E-state index contributed by atoms with van der Waals surface area (Å²) in [5, 5.41) is 38.7. The number of aliphatic hydroxyl groups is 2. The van der Waals surface area contributed by atoms with E-state index in [0.29, 0.717) is 31.2 Å². The maximum absolute atomic E-state index is 11.2. The molecule has 5 nitrogen and oxygen atoms in total. The molecule has 5 heteroatoms. The number of aromatic hydroxyl groups is 1. The minimum Gasteiger partial charge on any atom is -0.507 e. The highest BCUT2D eigenvalue weighted by Gasteiger charge is 2.14. The van der Waals surface area contributed by atoms with Crippen LogP contribution >= 0.6 is 0 Å². The number of hydrogen-bond donors (Lipinski definition) is 4. The van der Waals surface area contributed by atoms with Crippen LogP contribution in [0.2, 0.25) is 0 Å². The lowest BCUT2D eigenvalue weighted by Gasteiger charge is -2.10. The minimum absolute atomic E-state index is 0.0238. The van der Waals surface area contributed by atoms with Crippen LogP contribution in [0.25, 0.3) is 0 Å². The summed E-state index contributed by atoms with van der Waals surface area (Å²) in [7, 11) is 0. The van der Waals surface area contributed by atoms with Gasteiger partial charge in [0.15, 0.2) is 0 Å². The zero-order chi connectivity index (χ0) is 20.1. The zero-order valence-corrected chi connectivity index (χ0v) is 16.3. The Labute approximate surface area is 162 Å². The average Bonchev–Trinajstić information content (AvgIpc) is 2.63. The van der Waals surface area contributed by atoms with Crippen LogP contribution < -0.4 is 0 Å². The fourth-order valence-corrected chi connectivity index (χ4v) is 3.10. The number of aliphatic hydroxyl groups excluding tert-OH is 2. The second-order valence-electron chi connectivity index (χ2n) is 7.10. The first-order valence-electron chi connectivity index (χ1n) is 10.0. The molecule has 0 aliphatic rings. The van der Waals surface area contributed by atoms with Crippen LogP contribution in [0.3, 0.4) is 0 Å². The highest BCUT2D eigenvalue weighted by molar-refractivity contribution is 5.92. The molecule has 0 saturated carbocycles. The Hall–Kier alpha value is -1.85. The van der Waals surface area contributed by atoms with Crippen molar-refractivity contribution < 1.29 is 25.2 Å². The number of carbonyl (C=O) groups is 1. The van der Waals surface area contributed by atoms with E-state index in [0.717, 1.165) is 38.5 Å². The predicted octanol–water partition coefficient (Wildman–Crippen LogP) is 4.44. The molecule has 0 radical (unpaired) electrons. The van der Waals surface area contributed by atoms with Crippen molar-refractivity contribution in [2.45, 2.75) is 83.3 Å². The summed E-state index contributed by atoms with van der Waals surface area (Å²) in [5.74, 6) is -1.32. The summed E-state index contributed by atoms with van der Waals surface area (Å²) < 4.78 is 0. The van der Waals surface area contributed by atoms with Crippen molar-refractivity contribution in [3.8, 4) is 5.75 Å². The number of allylic oxidation sites excluding steroid dienone is 1. The van der Waals surface area contributed by atoms with Gasteiger partial charge in [0.05, 0.1) is 12.2 Å². The number of aryl methyl sites for hydroxylation is 1. The van der Waals surface area contributed by atoms with E-state index in [9.17, 15) is 25.2 Å². The predicted molar refractivity (Wildman–Crippen MR) is 107 cm³/mol. The highest BCUT2D eigenvalue weighted by Crippen LogP contribution is 2.23. The minimum atomic E-state index is -1.12. The lowest BCUT2D eigenvalue weighted by molar-refractivity contribution is 0.0692. The van der Waals surface area contributed by atoms with Gasteiger partial charge in [0.25, 0.3) is 0 Å². The van der Waals surface area contributed by atoms with Crippen LogP contribution in [0.15, 0.2) is 30.4 Å². The third kappa shape index (κ3) is 9.59. The monoisotopic (exact) mass is 378 g/mol. The van der Waals surface area contributed by atoms with E-state index in [-0.39, 0.29) is 23.5 Å². The summed E-state index contributed by atoms with van der Waals surface area (Å²) in [4.78, 5) is 11.2. The second-order valence-corrected chi connectivity index (χ2v) is 7.10. The first-order chi connectivity index (χ1) is 13.0. The molecular weight excluding hydrogens is 344 g/mol. The van der Waals surface area contributed by atoms with E-state index >= 15 is 0 Å². The fourth-order valence-electron chi connectivity index (χ4n) is 3.10. The molecule has 1 aromatic carbocycles. The van der Waals surface area contributed by atoms with Crippen molar-refractivity contribution in [3.05, 3.63) is 41.5 Å². The fraction of sp³-hybridized carbons (Fsp3) is 0.591. The van der Waals surface area contributed by atoms with Gasteiger partial charge < -0.3 is 20.4 Å². The van der Waals surface area contributed by atoms with Crippen molar-refractivity contribution in [1.29, 1.82) is 0 Å². The Bertz CT molecular complexity index is 582. The van der Waals surface area contributed by atoms with Crippen molar-refractivity contribution in [3.63, 3.8) is 0 Å². The third-order valence-electron chi connectivity index (χ3n) is 4.71. The first kappa shape index (κ1) is 23.2. The number of aromatic carboxylic acids is 1. The largest absolute Gasteiger partial charge is 0.507 e. The molecule has 0 bridgehead atoms. The van der Waals surface area contributed by atoms with Gasteiger partial charge in [0, 0.05) is 0 Å². The van der Waals surface area contributed by atoms with E-state index in [1.165, 1.54) is 6.07 Å². The lowest BCUT2D eigenvalue weighted by atomic mass is 9.99. The Kier molecular flexibility index (Phi) is 11.5. The molecule has 4 N–H and O–H groups in total. The van der Waals surface area contributed by atoms with Gasteiger partial charge in [-0.05, 0) is 56.6 Å². The van der Waals surface area contributed by atoms with Gasteiger partial charge in [-0.1, -0.05) is 50.5 Å². The molecule has 0 spiro atoms. The quantitative estimate of drug-likeness (QED) is 0.283. The van der Waals surface area contributed by atoms with Gasteiger partial charge in [0.1, 0.15) is 11.3 Å². The van der Waals surface area contributed by atoms with E-state index in [1.807, 2.05) is 12.2 Å². The van der Waals surface area contributed by atoms with Gasteiger partial charge in [-0.2, -0.15) is 0 Å². The van der Waals surface area contributed by atoms with Gasteiger partial charge in [-0.3, -0.25) is 0 Å². The van der Waals surface area contributed by atoms with Gasteiger partial charge in [-0.25, -0.2) is 4.79 Å². The number of rotatable bonds is 14. The Morgan fingerprint density at radius 2 is 1.78 bits per heavy atom. The normalized spacial score (nSPS) is 13.7. The molecule has 152 valence electrons. The molecular formula is C22H34O5. The SMILES string of the molecule is CCCCC(O)C/C=C/CCC(O)CCCCc1cccc(O)c1C(=O)O. The summed E-state index contributed by atoms with van der Waals surface area (Å²) >= 11 is 0. The van der Waals surface area contributed by atoms with E-state index in [2.05, 4.69) is 6.92 Å². The molecule has 2 atom stereocenters. The van der Waals surface area contributed by atoms with Crippen molar-refractivity contribution in [2.75, 3.05) is 0 Å².